The summed E-state index contributed by atoms with van der Waals surface area (Å²) in [5.74, 6) is 0.518. The quantitative estimate of drug-likeness (QED) is 0.868. The molecule has 4 heteroatoms. The number of ether oxygens (including phenoxy) is 1. The molecule has 1 fully saturated rings. The van der Waals surface area contributed by atoms with Gasteiger partial charge in [0.15, 0.2) is 0 Å². The van der Waals surface area contributed by atoms with Crippen LogP contribution >= 0.6 is 0 Å². The summed E-state index contributed by atoms with van der Waals surface area (Å²) in [7, 11) is 0. The molecule has 2 N–H and O–H groups in total. The number of hydrogen-bond acceptors (Lipinski definition) is 3. The van der Waals surface area contributed by atoms with E-state index in [0.29, 0.717) is 18.8 Å². The molecule has 0 aromatic heterocycles. The van der Waals surface area contributed by atoms with Crippen LogP contribution in [0, 0.1) is 12.8 Å². The third kappa shape index (κ3) is 4.32. The fourth-order valence-electron chi connectivity index (χ4n) is 2.60. The highest BCUT2D eigenvalue weighted by Gasteiger charge is 2.17. The van der Waals surface area contributed by atoms with Crippen LogP contribution < -0.4 is 5.32 Å². The number of benzene rings is 1. The minimum atomic E-state index is 0.0752. The van der Waals surface area contributed by atoms with Gasteiger partial charge >= 0.3 is 0 Å². The van der Waals surface area contributed by atoms with Gasteiger partial charge in [-0.3, -0.25) is 4.79 Å². The first-order valence-electron chi connectivity index (χ1n) is 7.27. The fourth-order valence-corrected chi connectivity index (χ4v) is 2.60. The van der Waals surface area contributed by atoms with Crippen molar-refractivity contribution in [3.05, 3.63) is 29.3 Å². The molecule has 1 aliphatic rings. The van der Waals surface area contributed by atoms with Gasteiger partial charge in [0.1, 0.15) is 0 Å². The Morgan fingerprint density at radius 3 is 2.80 bits per heavy atom. The molecule has 1 heterocycles. The van der Waals surface area contributed by atoms with Crippen LogP contribution in [-0.2, 0) is 16.0 Å². The van der Waals surface area contributed by atoms with Crippen LogP contribution in [0.2, 0.25) is 0 Å². The van der Waals surface area contributed by atoms with Gasteiger partial charge in [0.2, 0.25) is 5.91 Å². The topological polar surface area (TPSA) is 58.6 Å². The highest BCUT2D eigenvalue weighted by Crippen LogP contribution is 2.20. The summed E-state index contributed by atoms with van der Waals surface area (Å²) in [4.78, 5) is 12.0. The number of carbonyl (C=O) groups is 1. The highest BCUT2D eigenvalue weighted by atomic mass is 16.5. The van der Waals surface area contributed by atoms with Crippen LogP contribution in [-0.4, -0.2) is 30.8 Å². The molecule has 1 amide bonds. The normalized spacial score (nSPS) is 16.1. The van der Waals surface area contributed by atoms with Crippen LogP contribution in [0.4, 0.5) is 5.69 Å². The lowest BCUT2D eigenvalue weighted by atomic mass is 9.96. The monoisotopic (exact) mass is 277 g/mol. The van der Waals surface area contributed by atoms with Crippen LogP contribution in [0.25, 0.3) is 0 Å². The molecule has 0 unspecified atom stereocenters. The number of amides is 1. The summed E-state index contributed by atoms with van der Waals surface area (Å²) in [5, 5.41) is 11.9. The van der Waals surface area contributed by atoms with Crippen molar-refractivity contribution in [2.24, 2.45) is 5.92 Å². The zero-order valence-corrected chi connectivity index (χ0v) is 12.0. The van der Waals surface area contributed by atoms with Crippen LogP contribution in [0.3, 0.4) is 0 Å². The summed E-state index contributed by atoms with van der Waals surface area (Å²) in [6.07, 6.45) is 3.17. The minimum Gasteiger partial charge on any atom is -0.396 e. The summed E-state index contributed by atoms with van der Waals surface area (Å²) >= 11 is 0. The van der Waals surface area contributed by atoms with E-state index in [0.717, 1.165) is 42.9 Å². The van der Waals surface area contributed by atoms with Crippen LogP contribution in [0.1, 0.15) is 30.4 Å². The summed E-state index contributed by atoms with van der Waals surface area (Å²) in [6.45, 7) is 3.69. The number of carbonyl (C=O) groups excluding carboxylic acids is 1. The predicted molar refractivity (Wildman–Crippen MR) is 78.8 cm³/mol. The van der Waals surface area contributed by atoms with Gasteiger partial charge in [0.05, 0.1) is 0 Å². The Bertz CT molecular complexity index is 453. The van der Waals surface area contributed by atoms with Crippen molar-refractivity contribution in [3.8, 4) is 0 Å². The summed E-state index contributed by atoms with van der Waals surface area (Å²) in [5.41, 5.74) is 3.05. The van der Waals surface area contributed by atoms with E-state index in [1.807, 2.05) is 25.1 Å². The van der Waals surface area contributed by atoms with Crippen molar-refractivity contribution in [3.63, 3.8) is 0 Å². The molecule has 4 nitrogen and oxygen atoms in total. The Morgan fingerprint density at radius 2 is 2.15 bits per heavy atom. The highest BCUT2D eigenvalue weighted by molar-refractivity contribution is 5.91. The van der Waals surface area contributed by atoms with Gasteiger partial charge in [-0.2, -0.15) is 0 Å². The van der Waals surface area contributed by atoms with Gasteiger partial charge in [0.25, 0.3) is 0 Å². The van der Waals surface area contributed by atoms with E-state index in [2.05, 4.69) is 5.32 Å². The largest absolute Gasteiger partial charge is 0.396 e. The standard InChI is InChI=1S/C16H23NO3/c1-12-10-15(3-2-14(12)4-7-18)17-16(19)11-13-5-8-20-9-6-13/h2-3,10,13,18H,4-9,11H2,1H3,(H,17,19). The Balaban J connectivity index is 1.88. The zero-order chi connectivity index (χ0) is 14.4. The Kier molecular flexibility index (Phi) is 5.56. The Labute approximate surface area is 120 Å². The molecule has 110 valence electrons. The molecular formula is C16H23NO3. The molecule has 0 saturated carbocycles. The Morgan fingerprint density at radius 1 is 1.40 bits per heavy atom. The smallest absolute Gasteiger partial charge is 0.224 e. The van der Waals surface area contributed by atoms with Gasteiger partial charge in [-0.1, -0.05) is 6.07 Å². The van der Waals surface area contributed by atoms with Gasteiger partial charge in [0, 0.05) is 31.9 Å². The van der Waals surface area contributed by atoms with E-state index in [1.54, 1.807) is 0 Å². The second kappa shape index (κ2) is 7.41. The van der Waals surface area contributed by atoms with Crippen molar-refractivity contribution in [1.82, 2.24) is 0 Å². The summed E-state index contributed by atoms with van der Waals surface area (Å²) < 4.78 is 5.30. The molecule has 0 radical (unpaired) electrons. The van der Waals surface area contributed by atoms with E-state index in [4.69, 9.17) is 9.84 Å². The van der Waals surface area contributed by atoms with Gasteiger partial charge in [-0.05, 0) is 55.4 Å². The molecule has 2 rings (SSSR count). The lowest BCUT2D eigenvalue weighted by molar-refractivity contribution is -0.117. The van der Waals surface area contributed by atoms with E-state index in [9.17, 15) is 4.79 Å². The van der Waals surface area contributed by atoms with Crippen molar-refractivity contribution in [1.29, 1.82) is 0 Å². The lowest BCUT2D eigenvalue weighted by Gasteiger charge is -2.21. The second-order valence-corrected chi connectivity index (χ2v) is 5.42. The molecule has 1 aliphatic heterocycles. The maximum absolute atomic E-state index is 12.0. The Hall–Kier alpha value is -1.39. The number of rotatable bonds is 5. The average Bonchev–Trinajstić information content (AvgIpc) is 2.43. The first-order valence-corrected chi connectivity index (χ1v) is 7.27. The molecule has 0 atom stereocenters. The first kappa shape index (κ1) is 15.0. The van der Waals surface area contributed by atoms with Gasteiger partial charge in [-0.15, -0.1) is 0 Å². The number of aliphatic hydroxyl groups excluding tert-OH is 1. The molecule has 20 heavy (non-hydrogen) atoms. The van der Waals surface area contributed by atoms with Gasteiger partial charge < -0.3 is 15.2 Å². The first-order chi connectivity index (χ1) is 9.69. The number of aryl methyl sites for hydroxylation is 1. The molecular weight excluding hydrogens is 254 g/mol. The zero-order valence-electron chi connectivity index (χ0n) is 12.0. The van der Waals surface area contributed by atoms with Crippen molar-refractivity contribution in [2.75, 3.05) is 25.1 Å². The second-order valence-electron chi connectivity index (χ2n) is 5.42. The predicted octanol–water partition coefficient (Wildman–Crippen LogP) is 2.29. The summed E-state index contributed by atoms with van der Waals surface area (Å²) in [6, 6.07) is 5.84. The van der Waals surface area contributed by atoms with Gasteiger partial charge in [-0.25, -0.2) is 0 Å². The van der Waals surface area contributed by atoms with E-state index >= 15 is 0 Å². The number of hydrogen-bond donors (Lipinski definition) is 2. The van der Waals surface area contributed by atoms with Crippen LogP contribution in [0.15, 0.2) is 18.2 Å². The lowest BCUT2D eigenvalue weighted by Crippen LogP contribution is -2.22. The minimum absolute atomic E-state index is 0.0752. The SMILES string of the molecule is Cc1cc(NC(=O)CC2CCOCC2)ccc1CCO. The van der Waals surface area contributed by atoms with Crippen LogP contribution in [0.5, 0.6) is 0 Å². The molecule has 1 aromatic rings. The third-order valence-corrected chi connectivity index (χ3v) is 3.82. The molecule has 0 bridgehead atoms. The van der Waals surface area contributed by atoms with E-state index in [-0.39, 0.29) is 12.5 Å². The average molecular weight is 277 g/mol. The number of nitrogens with one attached hydrogen (secondary N) is 1. The third-order valence-electron chi connectivity index (χ3n) is 3.82. The maximum atomic E-state index is 12.0. The molecule has 1 aromatic carbocycles. The van der Waals surface area contributed by atoms with Crippen molar-refractivity contribution >= 4 is 11.6 Å². The molecule has 0 spiro atoms. The molecule has 0 aliphatic carbocycles. The maximum Gasteiger partial charge on any atom is 0.224 e. The molecule has 1 saturated heterocycles. The van der Waals surface area contributed by atoms with E-state index < -0.39 is 0 Å². The van der Waals surface area contributed by atoms with E-state index in [1.165, 1.54) is 0 Å². The number of aliphatic hydroxyl groups is 1. The van der Waals surface area contributed by atoms with Crippen molar-refractivity contribution in [2.45, 2.75) is 32.6 Å². The fraction of sp³-hybridized carbons (Fsp3) is 0.562. The van der Waals surface area contributed by atoms with Crippen molar-refractivity contribution < 1.29 is 14.6 Å². The number of anilines is 1.